The molecule has 0 aliphatic heterocycles. The molecule has 1 heterocycles. The standard InChI is InChI=1S/C18H26N2O2/c1-4-6-10-20(11-7-5-2)18(21)17-13-14-12-15(22-3)8-9-16(14)19-17/h8-9,12-13,19H,4-7,10-11H2,1-3H3. The van der Waals surface area contributed by atoms with Gasteiger partial charge in [-0.1, -0.05) is 26.7 Å². The van der Waals surface area contributed by atoms with Crippen molar-refractivity contribution in [3.63, 3.8) is 0 Å². The van der Waals surface area contributed by atoms with E-state index in [1.165, 1.54) is 0 Å². The number of amides is 1. The van der Waals surface area contributed by atoms with Crippen LogP contribution in [-0.4, -0.2) is 36.0 Å². The molecule has 0 spiro atoms. The van der Waals surface area contributed by atoms with E-state index in [4.69, 9.17) is 4.74 Å². The lowest BCUT2D eigenvalue weighted by Gasteiger charge is -2.21. The second-order valence-corrected chi connectivity index (χ2v) is 5.64. The highest BCUT2D eigenvalue weighted by Gasteiger charge is 2.17. The first-order chi connectivity index (χ1) is 10.7. The molecule has 0 bridgehead atoms. The van der Waals surface area contributed by atoms with Crippen LogP contribution in [0.3, 0.4) is 0 Å². The van der Waals surface area contributed by atoms with E-state index in [9.17, 15) is 4.79 Å². The lowest BCUT2D eigenvalue weighted by molar-refractivity contribution is 0.0746. The third-order valence-electron chi connectivity index (χ3n) is 3.91. The topological polar surface area (TPSA) is 45.3 Å². The van der Waals surface area contributed by atoms with E-state index in [2.05, 4.69) is 18.8 Å². The molecule has 0 unspecified atom stereocenters. The van der Waals surface area contributed by atoms with Gasteiger partial charge in [-0.15, -0.1) is 0 Å². The largest absolute Gasteiger partial charge is 0.497 e. The summed E-state index contributed by atoms with van der Waals surface area (Å²) in [6.07, 6.45) is 4.28. The number of hydrogen-bond donors (Lipinski definition) is 1. The fourth-order valence-electron chi connectivity index (χ4n) is 2.54. The Balaban J connectivity index is 2.21. The van der Waals surface area contributed by atoms with Crippen molar-refractivity contribution in [2.24, 2.45) is 0 Å². The second-order valence-electron chi connectivity index (χ2n) is 5.64. The summed E-state index contributed by atoms with van der Waals surface area (Å²) in [6, 6.07) is 7.72. The fourth-order valence-corrected chi connectivity index (χ4v) is 2.54. The van der Waals surface area contributed by atoms with Gasteiger partial charge >= 0.3 is 0 Å². The Bertz CT molecular complexity index is 611. The summed E-state index contributed by atoms with van der Waals surface area (Å²) >= 11 is 0. The van der Waals surface area contributed by atoms with Crippen LogP contribution in [0.25, 0.3) is 10.9 Å². The Morgan fingerprint density at radius 2 is 1.82 bits per heavy atom. The monoisotopic (exact) mass is 302 g/mol. The molecule has 0 fully saturated rings. The Labute approximate surface area is 132 Å². The first-order valence-corrected chi connectivity index (χ1v) is 8.15. The molecule has 1 aromatic heterocycles. The zero-order valence-corrected chi connectivity index (χ0v) is 13.8. The first kappa shape index (κ1) is 16.4. The second kappa shape index (κ2) is 7.87. The number of methoxy groups -OCH3 is 1. The number of rotatable bonds is 8. The molecule has 1 N–H and O–H groups in total. The van der Waals surface area contributed by atoms with Gasteiger partial charge in [-0.3, -0.25) is 4.79 Å². The number of H-pyrrole nitrogens is 1. The van der Waals surface area contributed by atoms with Gasteiger partial charge in [0.15, 0.2) is 0 Å². The van der Waals surface area contributed by atoms with Gasteiger partial charge in [0, 0.05) is 24.0 Å². The summed E-state index contributed by atoms with van der Waals surface area (Å²) in [5.74, 6) is 0.899. The Hall–Kier alpha value is -1.97. The van der Waals surface area contributed by atoms with E-state index in [-0.39, 0.29) is 5.91 Å². The summed E-state index contributed by atoms with van der Waals surface area (Å²) in [6.45, 7) is 5.96. The molecule has 4 heteroatoms. The number of benzene rings is 1. The minimum absolute atomic E-state index is 0.0945. The van der Waals surface area contributed by atoms with E-state index < -0.39 is 0 Å². The normalized spacial score (nSPS) is 10.9. The summed E-state index contributed by atoms with van der Waals surface area (Å²) < 4.78 is 5.24. The number of hydrogen-bond acceptors (Lipinski definition) is 2. The first-order valence-electron chi connectivity index (χ1n) is 8.15. The number of aromatic amines is 1. The van der Waals surface area contributed by atoms with Gasteiger partial charge in [-0.25, -0.2) is 0 Å². The quantitative estimate of drug-likeness (QED) is 0.793. The van der Waals surface area contributed by atoms with Crippen molar-refractivity contribution in [3.05, 3.63) is 30.0 Å². The van der Waals surface area contributed by atoms with Gasteiger partial charge in [-0.05, 0) is 37.1 Å². The van der Waals surface area contributed by atoms with E-state index >= 15 is 0 Å². The van der Waals surface area contributed by atoms with Crippen molar-refractivity contribution in [2.45, 2.75) is 39.5 Å². The molecular formula is C18H26N2O2. The number of carbonyl (C=O) groups is 1. The molecule has 4 nitrogen and oxygen atoms in total. The highest BCUT2D eigenvalue weighted by molar-refractivity contribution is 5.98. The molecule has 0 aliphatic carbocycles. The maximum Gasteiger partial charge on any atom is 0.270 e. The Kier molecular flexibility index (Phi) is 5.87. The number of carbonyl (C=O) groups excluding carboxylic acids is 1. The van der Waals surface area contributed by atoms with Crippen LogP contribution in [-0.2, 0) is 0 Å². The van der Waals surface area contributed by atoms with Crippen LogP contribution in [0.2, 0.25) is 0 Å². The van der Waals surface area contributed by atoms with Crippen molar-refractivity contribution in [3.8, 4) is 5.75 Å². The zero-order chi connectivity index (χ0) is 15.9. The van der Waals surface area contributed by atoms with Gasteiger partial charge in [-0.2, -0.15) is 0 Å². The summed E-state index contributed by atoms with van der Waals surface area (Å²) in [5, 5.41) is 1.01. The molecule has 0 saturated carbocycles. The van der Waals surface area contributed by atoms with Crippen molar-refractivity contribution < 1.29 is 9.53 Å². The SMILES string of the molecule is CCCCN(CCCC)C(=O)c1cc2cc(OC)ccc2[nH]1. The number of aromatic nitrogens is 1. The number of nitrogens with one attached hydrogen (secondary N) is 1. The van der Waals surface area contributed by atoms with Crippen LogP contribution >= 0.6 is 0 Å². The van der Waals surface area contributed by atoms with Crippen LogP contribution in [0.5, 0.6) is 5.75 Å². The molecule has 0 aliphatic rings. The number of ether oxygens (including phenoxy) is 1. The van der Waals surface area contributed by atoms with Gasteiger partial charge in [0.05, 0.1) is 7.11 Å². The molecule has 120 valence electrons. The molecule has 22 heavy (non-hydrogen) atoms. The third-order valence-corrected chi connectivity index (χ3v) is 3.91. The fraction of sp³-hybridized carbons (Fsp3) is 0.500. The van der Waals surface area contributed by atoms with E-state index in [1.807, 2.05) is 29.2 Å². The highest BCUT2D eigenvalue weighted by atomic mass is 16.5. The molecule has 1 aromatic carbocycles. The Morgan fingerprint density at radius 1 is 1.14 bits per heavy atom. The van der Waals surface area contributed by atoms with E-state index in [0.29, 0.717) is 5.69 Å². The number of unbranched alkanes of at least 4 members (excludes halogenated alkanes) is 2. The van der Waals surface area contributed by atoms with Crippen LogP contribution in [0.4, 0.5) is 0 Å². The maximum atomic E-state index is 12.7. The lowest BCUT2D eigenvalue weighted by Crippen LogP contribution is -2.33. The van der Waals surface area contributed by atoms with Crippen molar-refractivity contribution in [1.29, 1.82) is 0 Å². The molecule has 0 atom stereocenters. The average Bonchev–Trinajstić information content (AvgIpc) is 2.97. The van der Waals surface area contributed by atoms with Crippen LogP contribution < -0.4 is 4.74 Å². The third kappa shape index (κ3) is 3.81. The molecule has 0 saturated heterocycles. The average molecular weight is 302 g/mol. The molecule has 0 radical (unpaired) electrons. The molecule has 1 amide bonds. The lowest BCUT2D eigenvalue weighted by atomic mass is 10.2. The van der Waals surface area contributed by atoms with Gasteiger partial charge in [0.2, 0.25) is 0 Å². The summed E-state index contributed by atoms with van der Waals surface area (Å²) in [7, 11) is 1.65. The predicted octanol–water partition coefficient (Wildman–Crippen LogP) is 4.22. The van der Waals surface area contributed by atoms with Crippen molar-refractivity contribution in [2.75, 3.05) is 20.2 Å². The maximum absolute atomic E-state index is 12.7. The predicted molar refractivity (Wildman–Crippen MR) is 90.6 cm³/mol. The minimum Gasteiger partial charge on any atom is -0.497 e. The Morgan fingerprint density at radius 3 is 2.41 bits per heavy atom. The van der Waals surface area contributed by atoms with Crippen molar-refractivity contribution in [1.82, 2.24) is 9.88 Å². The minimum atomic E-state index is 0.0945. The zero-order valence-electron chi connectivity index (χ0n) is 13.8. The highest BCUT2D eigenvalue weighted by Crippen LogP contribution is 2.22. The summed E-state index contributed by atoms with van der Waals surface area (Å²) in [5.41, 5.74) is 1.63. The van der Waals surface area contributed by atoms with Gasteiger partial charge < -0.3 is 14.6 Å². The number of fused-ring (bicyclic) bond motifs is 1. The van der Waals surface area contributed by atoms with E-state index in [1.54, 1.807) is 7.11 Å². The van der Waals surface area contributed by atoms with Crippen LogP contribution in [0.15, 0.2) is 24.3 Å². The number of nitrogens with zero attached hydrogens (tertiary/aromatic N) is 1. The molecule has 2 aromatic rings. The van der Waals surface area contributed by atoms with Crippen LogP contribution in [0, 0.1) is 0 Å². The van der Waals surface area contributed by atoms with E-state index in [0.717, 1.165) is 55.4 Å². The molecular weight excluding hydrogens is 276 g/mol. The van der Waals surface area contributed by atoms with Gasteiger partial charge in [0.25, 0.3) is 5.91 Å². The summed E-state index contributed by atoms with van der Waals surface area (Å²) in [4.78, 5) is 17.9. The van der Waals surface area contributed by atoms with Gasteiger partial charge in [0.1, 0.15) is 11.4 Å². The molecule has 2 rings (SSSR count). The van der Waals surface area contributed by atoms with Crippen LogP contribution in [0.1, 0.15) is 50.0 Å². The van der Waals surface area contributed by atoms with Crippen molar-refractivity contribution >= 4 is 16.8 Å². The smallest absolute Gasteiger partial charge is 0.270 e.